The molecule has 2 fully saturated rings. The summed E-state index contributed by atoms with van der Waals surface area (Å²) in [5.41, 5.74) is 7.89. The Morgan fingerprint density at radius 3 is 2.35 bits per heavy atom. The normalized spacial score (nSPS) is 23.5. The van der Waals surface area contributed by atoms with Crippen LogP contribution in [0.1, 0.15) is 55.7 Å². The number of piperazine rings is 1. The number of anilines is 4. The van der Waals surface area contributed by atoms with Gasteiger partial charge in [0, 0.05) is 43.6 Å². The molecule has 1 saturated carbocycles. The molecule has 184 valence electrons. The fourth-order valence-corrected chi connectivity index (χ4v) is 4.63. The molecule has 2 heterocycles. The predicted molar refractivity (Wildman–Crippen MR) is 136 cm³/mol. The molecule has 1 saturated heterocycles. The largest absolute Gasteiger partial charge is 0.390 e. The van der Waals surface area contributed by atoms with Crippen molar-refractivity contribution in [3.63, 3.8) is 0 Å². The minimum Gasteiger partial charge on any atom is -0.390 e. The number of aromatic nitrogens is 2. The lowest BCUT2D eigenvalue weighted by Crippen LogP contribution is -2.44. The molecular weight excluding hydrogens is 430 g/mol. The van der Waals surface area contributed by atoms with Gasteiger partial charge in [-0.3, -0.25) is 4.79 Å². The summed E-state index contributed by atoms with van der Waals surface area (Å²) in [4.78, 5) is 26.2. The first-order valence-electron chi connectivity index (χ1n) is 12.2. The van der Waals surface area contributed by atoms with Crippen LogP contribution in [0.25, 0.3) is 0 Å². The molecule has 2 aliphatic rings. The molecule has 1 amide bonds. The van der Waals surface area contributed by atoms with Crippen molar-refractivity contribution in [3.05, 3.63) is 35.7 Å². The Balaban J connectivity index is 1.53. The fraction of sp³-hybridized carbons (Fsp3) is 0.560. The lowest BCUT2D eigenvalue weighted by atomic mass is 9.83. The van der Waals surface area contributed by atoms with Crippen LogP contribution in [-0.4, -0.2) is 70.8 Å². The molecular formula is C25H37N7O2. The van der Waals surface area contributed by atoms with E-state index in [-0.39, 0.29) is 11.7 Å². The van der Waals surface area contributed by atoms with Gasteiger partial charge in [-0.1, -0.05) is 6.92 Å². The van der Waals surface area contributed by atoms with Crippen molar-refractivity contribution in [2.45, 2.75) is 57.6 Å². The first kappa shape index (κ1) is 24.2. The highest BCUT2D eigenvalue weighted by molar-refractivity contribution is 5.96. The Morgan fingerprint density at radius 1 is 1.12 bits per heavy atom. The van der Waals surface area contributed by atoms with Crippen molar-refractivity contribution < 1.29 is 9.90 Å². The number of amides is 1. The van der Waals surface area contributed by atoms with Crippen molar-refractivity contribution >= 4 is 28.9 Å². The molecule has 34 heavy (non-hydrogen) atoms. The zero-order valence-corrected chi connectivity index (χ0v) is 20.5. The third-order valence-electron chi connectivity index (χ3n) is 6.94. The van der Waals surface area contributed by atoms with Crippen LogP contribution in [0.3, 0.4) is 0 Å². The zero-order chi connectivity index (χ0) is 24.3. The third kappa shape index (κ3) is 5.77. The number of nitrogens with two attached hydrogens (primary N) is 1. The zero-order valence-electron chi connectivity index (χ0n) is 20.5. The average Bonchev–Trinajstić information content (AvgIpc) is 2.81. The van der Waals surface area contributed by atoms with Crippen molar-refractivity contribution in [2.75, 3.05) is 48.8 Å². The van der Waals surface area contributed by atoms with Crippen LogP contribution in [0.4, 0.5) is 23.0 Å². The Kier molecular flexibility index (Phi) is 7.23. The average molecular weight is 468 g/mol. The van der Waals surface area contributed by atoms with Crippen molar-refractivity contribution in [3.8, 4) is 0 Å². The Hall–Kier alpha value is -2.91. The van der Waals surface area contributed by atoms with Crippen LogP contribution in [0.2, 0.25) is 0 Å². The maximum atomic E-state index is 12.2. The molecule has 9 heteroatoms. The second-order valence-corrected chi connectivity index (χ2v) is 9.81. The second kappa shape index (κ2) is 10.1. The molecule has 0 radical (unpaired) electrons. The van der Waals surface area contributed by atoms with Gasteiger partial charge in [-0.25, -0.2) is 9.97 Å². The molecule has 1 aromatic heterocycles. The first-order chi connectivity index (χ1) is 16.2. The number of rotatable bonds is 7. The van der Waals surface area contributed by atoms with Crippen LogP contribution in [0.15, 0.2) is 24.3 Å². The number of hydrogen-bond donors (Lipinski definition) is 4. The summed E-state index contributed by atoms with van der Waals surface area (Å²) < 4.78 is 0. The van der Waals surface area contributed by atoms with Gasteiger partial charge in [0.25, 0.3) is 5.91 Å². The Bertz CT molecular complexity index is 991. The number of hydrogen-bond acceptors (Lipinski definition) is 8. The predicted octanol–water partition coefficient (Wildman–Crippen LogP) is 2.74. The minimum absolute atomic E-state index is 0.136. The Labute approximate surface area is 201 Å². The van der Waals surface area contributed by atoms with E-state index in [4.69, 9.17) is 10.7 Å². The van der Waals surface area contributed by atoms with Gasteiger partial charge >= 0.3 is 0 Å². The third-order valence-corrected chi connectivity index (χ3v) is 6.94. The van der Waals surface area contributed by atoms with Gasteiger partial charge in [0.2, 0.25) is 0 Å². The topological polar surface area (TPSA) is 120 Å². The first-order valence-corrected chi connectivity index (χ1v) is 12.2. The van der Waals surface area contributed by atoms with E-state index in [1.165, 1.54) is 5.69 Å². The number of nitrogens with one attached hydrogen (secondary N) is 2. The molecule has 9 nitrogen and oxygen atoms in total. The molecule has 1 aromatic carbocycles. The van der Waals surface area contributed by atoms with E-state index < -0.39 is 11.5 Å². The summed E-state index contributed by atoms with van der Waals surface area (Å²) in [5.74, 6) is 0.400. The highest BCUT2D eigenvalue weighted by atomic mass is 16.3. The molecule has 5 N–H and O–H groups in total. The number of likely N-dealkylation sites (N-methyl/N-ethyl adjacent to an activating group) is 1. The van der Waals surface area contributed by atoms with Crippen LogP contribution in [-0.2, 0) is 6.42 Å². The quantitative estimate of drug-likeness (QED) is 0.491. The summed E-state index contributed by atoms with van der Waals surface area (Å²) in [6.45, 7) is 7.98. The SMILES string of the molecule is CCc1nc(C(N)=O)c(Nc2ccc(N3CCN(C)CC3)cc2)nc1NC1CCC(C)(O)CC1. The fourth-order valence-electron chi connectivity index (χ4n) is 4.63. The lowest BCUT2D eigenvalue weighted by molar-refractivity contribution is 0.0196. The molecule has 1 aliphatic heterocycles. The number of aliphatic hydroxyl groups is 1. The van der Waals surface area contributed by atoms with E-state index in [0.717, 1.165) is 57.5 Å². The number of aryl methyl sites for hydroxylation is 1. The van der Waals surface area contributed by atoms with E-state index in [1.807, 2.05) is 26.0 Å². The smallest absolute Gasteiger partial charge is 0.271 e. The molecule has 0 atom stereocenters. The van der Waals surface area contributed by atoms with E-state index in [9.17, 15) is 9.90 Å². The van der Waals surface area contributed by atoms with Crippen molar-refractivity contribution in [2.24, 2.45) is 5.73 Å². The maximum Gasteiger partial charge on any atom is 0.271 e. The number of carbonyl (C=O) groups is 1. The lowest BCUT2D eigenvalue weighted by Gasteiger charge is -2.34. The number of carbonyl (C=O) groups excluding carboxylic acids is 1. The van der Waals surface area contributed by atoms with Crippen molar-refractivity contribution in [1.82, 2.24) is 14.9 Å². The van der Waals surface area contributed by atoms with Crippen LogP contribution in [0, 0.1) is 0 Å². The van der Waals surface area contributed by atoms with Crippen LogP contribution in [0.5, 0.6) is 0 Å². The van der Waals surface area contributed by atoms with Gasteiger partial charge in [0.05, 0.1) is 11.3 Å². The number of nitrogens with zero attached hydrogens (tertiary/aromatic N) is 4. The van der Waals surface area contributed by atoms with Crippen LogP contribution >= 0.6 is 0 Å². The van der Waals surface area contributed by atoms with Gasteiger partial charge in [-0.2, -0.15) is 0 Å². The summed E-state index contributed by atoms with van der Waals surface area (Å²) in [6, 6.07) is 8.35. The van der Waals surface area contributed by atoms with Crippen molar-refractivity contribution in [1.29, 1.82) is 0 Å². The molecule has 0 unspecified atom stereocenters. The van der Waals surface area contributed by atoms with E-state index in [1.54, 1.807) is 0 Å². The summed E-state index contributed by atoms with van der Waals surface area (Å²) in [5, 5.41) is 17.0. The van der Waals surface area contributed by atoms with Gasteiger partial charge in [-0.15, -0.1) is 0 Å². The summed E-state index contributed by atoms with van der Waals surface area (Å²) >= 11 is 0. The molecule has 1 aliphatic carbocycles. The maximum absolute atomic E-state index is 12.2. The van der Waals surface area contributed by atoms with Gasteiger partial charge < -0.3 is 31.3 Å². The summed E-state index contributed by atoms with van der Waals surface area (Å²) in [7, 11) is 2.15. The summed E-state index contributed by atoms with van der Waals surface area (Å²) in [6.07, 6.45) is 3.81. The van der Waals surface area contributed by atoms with Gasteiger partial charge in [0.15, 0.2) is 11.5 Å². The second-order valence-electron chi connectivity index (χ2n) is 9.81. The number of primary amides is 1. The number of benzene rings is 1. The Morgan fingerprint density at radius 2 is 1.76 bits per heavy atom. The molecule has 0 spiro atoms. The molecule has 2 aromatic rings. The molecule has 0 bridgehead atoms. The monoisotopic (exact) mass is 467 g/mol. The van der Waals surface area contributed by atoms with Gasteiger partial charge in [-0.05, 0) is 70.3 Å². The van der Waals surface area contributed by atoms with Gasteiger partial charge in [0.1, 0.15) is 5.82 Å². The molecule has 4 rings (SSSR count). The highest BCUT2D eigenvalue weighted by Gasteiger charge is 2.29. The van der Waals surface area contributed by atoms with E-state index in [0.29, 0.717) is 23.8 Å². The minimum atomic E-state index is -0.612. The standard InChI is InChI=1S/C25H37N7O2/c1-4-20-23(27-18-9-11-25(2,34)12-10-18)30-24(21(29-20)22(26)33)28-17-5-7-19(8-6-17)32-15-13-31(3)14-16-32/h5-8,18,34H,4,9-16H2,1-3H3,(H2,26,33)(H2,27,28,30). The highest BCUT2D eigenvalue weighted by Crippen LogP contribution is 2.31. The van der Waals surface area contributed by atoms with E-state index >= 15 is 0 Å². The van der Waals surface area contributed by atoms with E-state index in [2.05, 4.69) is 44.6 Å². The van der Waals surface area contributed by atoms with Crippen LogP contribution < -0.4 is 21.3 Å².